The first-order valence-electron chi connectivity index (χ1n) is 8.89. The highest BCUT2D eigenvalue weighted by Crippen LogP contribution is 2.34. The second-order valence-electron chi connectivity index (χ2n) is 6.36. The van der Waals surface area contributed by atoms with E-state index in [1.54, 1.807) is 13.8 Å². The van der Waals surface area contributed by atoms with Crippen LogP contribution in [-0.2, 0) is 9.53 Å². The molecule has 0 aromatic carbocycles. The predicted octanol–water partition coefficient (Wildman–Crippen LogP) is 1.90. The van der Waals surface area contributed by atoms with Crippen molar-refractivity contribution < 1.29 is 19.1 Å². The lowest BCUT2D eigenvalue weighted by molar-refractivity contribution is -0.121. The van der Waals surface area contributed by atoms with Gasteiger partial charge in [0.15, 0.2) is 0 Å². The van der Waals surface area contributed by atoms with Crippen LogP contribution in [0.4, 0.5) is 5.00 Å². The van der Waals surface area contributed by atoms with E-state index in [1.807, 2.05) is 0 Å². The number of hydrogen-bond acceptors (Lipinski definition) is 7. The first-order valence-corrected chi connectivity index (χ1v) is 9.71. The number of likely N-dealkylation sites (tertiary alicyclic amines) is 1. The fraction of sp³-hybridized carbons (Fsp3) is 0.556. The number of rotatable bonds is 7. The third-order valence-electron chi connectivity index (χ3n) is 4.59. The van der Waals surface area contributed by atoms with Crippen LogP contribution in [0.1, 0.15) is 51.8 Å². The number of anilines is 1. The Kier molecular flexibility index (Phi) is 7.33. The van der Waals surface area contributed by atoms with Gasteiger partial charge in [-0.15, -0.1) is 11.3 Å². The molecule has 1 fully saturated rings. The SMILES string of the molecule is CCOC(=O)c1c(NC(=O)C2CCN(CCC#N)CC2)sc(C(N)=O)c1C. The van der Waals surface area contributed by atoms with Crippen molar-refractivity contribution in [3.63, 3.8) is 0 Å². The highest BCUT2D eigenvalue weighted by atomic mass is 32.1. The summed E-state index contributed by atoms with van der Waals surface area (Å²) in [6, 6.07) is 2.12. The zero-order valence-electron chi connectivity index (χ0n) is 15.5. The van der Waals surface area contributed by atoms with Crippen LogP contribution in [0.3, 0.4) is 0 Å². The number of nitrogens with zero attached hydrogens (tertiary/aromatic N) is 2. The van der Waals surface area contributed by atoms with Crippen molar-refractivity contribution in [2.24, 2.45) is 11.7 Å². The van der Waals surface area contributed by atoms with Gasteiger partial charge in [-0.1, -0.05) is 0 Å². The van der Waals surface area contributed by atoms with E-state index in [2.05, 4.69) is 16.3 Å². The number of amides is 2. The number of nitrogens with one attached hydrogen (secondary N) is 1. The number of piperidine rings is 1. The number of nitriles is 1. The summed E-state index contributed by atoms with van der Waals surface area (Å²) >= 11 is 0.999. The molecule has 1 aliphatic heterocycles. The maximum Gasteiger partial charge on any atom is 0.341 e. The molecule has 8 nitrogen and oxygen atoms in total. The number of carbonyl (C=O) groups excluding carboxylic acids is 3. The van der Waals surface area contributed by atoms with Gasteiger partial charge in [0.1, 0.15) is 5.00 Å². The molecule has 146 valence electrons. The maximum absolute atomic E-state index is 12.7. The van der Waals surface area contributed by atoms with Crippen LogP contribution < -0.4 is 11.1 Å². The average Bonchev–Trinajstić information content (AvgIpc) is 2.96. The van der Waals surface area contributed by atoms with Crippen molar-refractivity contribution in [1.29, 1.82) is 5.26 Å². The van der Waals surface area contributed by atoms with Crippen LogP contribution in [0.25, 0.3) is 0 Å². The van der Waals surface area contributed by atoms with E-state index in [-0.39, 0.29) is 28.9 Å². The van der Waals surface area contributed by atoms with E-state index in [0.717, 1.165) is 24.4 Å². The average molecular weight is 392 g/mol. The van der Waals surface area contributed by atoms with E-state index >= 15 is 0 Å². The van der Waals surface area contributed by atoms with Gasteiger partial charge in [0, 0.05) is 18.9 Å². The summed E-state index contributed by atoms with van der Waals surface area (Å²) in [5, 5.41) is 11.8. The van der Waals surface area contributed by atoms with Crippen molar-refractivity contribution in [3.8, 4) is 6.07 Å². The fourth-order valence-corrected chi connectivity index (χ4v) is 4.18. The van der Waals surface area contributed by atoms with Crippen LogP contribution in [0, 0.1) is 24.2 Å². The van der Waals surface area contributed by atoms with Crippen molar-refractivity contribution in [2.45, 2.75) is 33.1 Å². The summed E-state index contributed by atoms with van der Waals surface area (Å²) in [5.41, 5.74) is 5.99. The lowest BCUT2D eigenvalue weighted by atomic mass is 9.96. The van der Waals surface area contributed by atoms with Crippen LogP contribution in [0.5, 0.6) is 0 Å². The van der Waals surface area contributed by atoms with Crippen LogP contribution >= 0.6 is 11.3 Å². The normalized spacial score (nSPS) is 15.1. The molecule has 0 spiro atoms. The monoisotopic (exact) mass is 392 g/mol. The lowest BCUT2D eigenvalue weighted by Gasteiger charge is -2.30. The summed E-state index contributed by atoms with van der Waals surface area (Å²) in [5.74, 6) is -1.59. The van der Waals surface area contributed by atoms with E-state index in [9.17, 15) is 14.4 Å². The van der Waals surface area contributed by atoms with Crippen molar-refractivity contribution in [3.05, 3.63) is 16.0 Å². The molecule has 2 rings (SSSR count). The fourth-order valence-electron chi connectivity index (χ4n) is 3.13. The topological polar surface area (TPSA) is 126 Å². The molecule has 27 heavy (non-hydrogen) atoms. The minimum atomic E-state index is -0.644. The molecule has 0 radical (unpaired) electrons. The largest absolute Gasteiger partial charge is 0.462 e. The summed E-state index contributed by atoms with van der Waals surface area (Å²) in [7, 11) is 0. The number of nitrogens with two attached hydrogens (primary N) is 1. The smallest absolute Gasteiger partial charge is 0.341 e. The van der Waals surface area contributed by atoms with Gasteiger partial charge >= 0.3 is 5.97 Å². The summed E-state index contributed by atoms with van der Waals surface area (Å²) in [6.07, 6.45) is 1.84. The Morgan fingerprint density at radius 1 is 1.37 bits per heavy atom. The minimum absolute atomic E-state index is 0.183. The molecule has 0 saturated carbocycles. The van der Waals surface area contributed by atoms with Crippen LogP contribution in [-0.4, -0.2) is 48.9 Å². The van der Waals surface area contributed by atoms with Crippen molar-refractivity contribution in [1.82, 2.24) is 4.90 Å². The highest BCUT2D eigenvalue weighted by molar-refractivity contribution is 7.18. The maximum atomic E-state index is 12.7. The third-order valence-corrected chi connectivity index (χ3v) is 5.81. The summed E-state index contributed by atoms with van der Waals surface area (Å²) in [6.45, 7) is 5.71. The molecule has 0 unspecified atom stereocenters. The molecule has 9 heteroatoms. The lowest BCUT2D eigenvalue weighted by Crippen LogP contribution is -2.38. The number of hydrogen-bond donors (Lipinski definition) is 2. The van der Waals surface area contributed by atoms with Gasteiger partial charge < -0.3 is 20.7 Å². The molecule has 0 aliphatic carbocycles. The van der Waals surface area contributed by atoms with Gasteiger partial charge in [-0.2, -0.15) is 5.26 Å². The van der Waals surface area contributed by atoms with E-state index in [4.69, 9.17) is 15.7 Å². The van der Waals surface area contributed by atoms with Gasteiger partial charge in [0.05, 0.1) is 23.1 Å². The van der Waals surface area contributed by atoms with Gasteiger partial charge in [0.25, 0.3) is 5.91 Å². The Morgan fingerprint density at radius 3 is 2.59 bits per heavy atom. The molecular formula is C18H24N4O4S. The molecule has 2 heterocycles. The molecule has 2 amide bonds. The molecule has 0 bridgehead atoms. The van der Waals surface area contributed by atoms with Gasteiger partial charge in [0.2, 0.25) is 5.91 Å². The molecule has 1 aromatic heterocycles. The molecule has 1 aliphatic rings. The Bertz CT molecular complexity index is 760. The van der Waals surface area contributed by atoms with E-state index in [1.165, 1.54) is 0 Å². The first-order chi connectivity index (χ1) is 12.9. The first kappa shape index (κ1) is 20.9. The Labute approximate surface area is 162 Å². The van der Waals surface area contributed by atoms with Crippen LogP contribution in [0.2, 0.25) is 0 Å². The summed E-state index contributed by atoms with van der Waals surface area (Å²) in [4.78, 5) is 39.0. The Morgan fingerprint density at radius 2 is 2.04 bits per heavy atom. The molecule has 3 N–H and O–H groups in total. The second-order valence-corrected chi connectivity index (χ2v) is 7.38. The molecule has 1 saturated heterocycles. The Hall–Kier alpha value is -2.44. The molecule has 0 atom stereocenters. The zero-order chi connectivity index (χ0) is 20.0. The van der Waals surface area contributed by atoms with E-state index < -0.39 is 11.9 Å². The molecule has 1 aromatic rings. The van der Waals surface area contributed by atoms with Gasteiger partial charge in [-0.25, -0.2) is 4.79 Å². The van der Waals surface area contributed by atoms with Crippen molar-refractivity contribution >= 4 is 34.1 Å². The minimum Gasteiger partial charge on any atom is -0.462 e. The quantitative estimate of drug-likeness (QED) is 0.683. The Balaban J connectivity index is 2.11. The number of ether oxygens (including phenoxy) is 1. The second kappa shape index (κ2) is 9.48. The third kappa shape index (κ3) is 5.05. The number of carbonyl (C=O) groups is 3. The zero-order valence-corrected chi connectivity index (χ0v) is 16.4. The standard InChI is InChI=1S/C18H24N4O4S/c1-3-26-18(25)13-11(2)14(15(20)23)27-17(13)21-16(24)12-5-9-22(10-6-12)8-4-7-19/h12H,3-6,8-10H2,1-2H3,(H2,20,23)(H,21,24). The molecular weight excluding hydrogens is 368 g/mol. The summed E-state index contributed by atoms with van der Waals surface area (Å²) < 4.78 is 5.05. The number of primary amides is 1. The predicted molar refractivity (Wildman–Crippen MR) is 102 cm³/mol. The van der Waals surface area contributed by atoms with Gasteiger partial charge in [-0.3, -0.25) is 9.59 Å². The highest BCUT2D eigenvalue weighted by Gasteiger charge is 2.29. The van der Waals surface area contributed by atoms with Crippen molar-refractivity contribution in [2.75, 3.05) is 31.6 Å². The van der Waals surface area contributed by atoms with Gasteiger partial charge in [-0.05, 0) is 45.3 Å². The number of thiophene rings is 1. The number of esters is 1. The van der Waals surface area contributed by atoms with Crippen LogP contribution in [0.15, 0.2) is 0 Å². The van der Waals surface area contributed by atoms with E-state index in [0.29, 0.717) is 36.4 Å².